The fourth-order valence-electron chi connectivity index (χ4n) is 3.58. The third-order valence-electron chi connectivity index (χ3n) is 5.18. The summed E-state index contributed by atoms with van der Waals surface area (Å²) < 4.78 is 22.2. The lowest BCUT2D eigenvalue weighted by atomic mass is 10.0. The fourth-order valence-corrected chi connectivity index (χ4v) is 3.70. The van der Waals surface area contributed by atoms with Crippen LogP contribution in [0.25, 0.3) is 10.9 Å². The van der Waals surface area contributed by atoms with Gasteiger partial charge in [-0.25, -0.2) is 9.18 Å². The van der Waals surface area contributed by atoms with Gasteiger partial charge in [-0.2, -0.15) is 0 Å². The Balaban J connectivity index is 1.95. The highest BCUT2D eigenvalue weighted by Crippen LogP contribution is 2.45. The molecule has 0 radical (unpaired) electrons. The summed E-state index contributed by atoms with van der Waals surface area (Å²) >= 11 is 5.95. The summed E-state index contributed by atoms with van der Waals surface area (Å²) in [5.41, 5.74) is 0.250. The number of fused-ring (bicyclic) bond motifs is 1. The maximum absolute atomic E-state index is 15.0. The van der Waals surface area contributed by atoms with Crippen molar-refractivity contribution in [1.29, 1.82) is 0 Å². The summed E-state index contributed by atoms with van der Waals surface area (Å²) in [6, 6.07) is 1.13. The molecule has 0 bridgehead atoms. The van der Waals surface area contributed by atoms with Gasteiger partial charge in [-0.05, 0) is 24.5 Å². The molecule has 2 fully saturated rings. The maximum atomic E-state index is 15.0. The van der Waals surface area contributed by atoms with Gasteiger partial charge < -0.3 is 24.4 Å². The van der Waals surface area contributed by atoms with Crippen molar-refractivity contribution in [3.05, 3.63) is 44.5 Å². The quantitative estimate of drug-likeness (QED) is 0.789. The third kappa shape index (κ3) is 2.84. The van der Waals surface area contributed by atoms with Gasteiger partial charge in [0.1, 0.15) is 11.3 Å². The number of pyridine rings is 1. The Morgan fingerprint density at radius 3 is 2.61 bits per heavy atom. The number of aliphatic hydroxyl groups excluding tert-OH is 1. The second-order valence-corrected chi connectivity index (χ2v) is 7.43. The van der Waals surface area contributed by atoms with E-state index in [9.17, 15) is 19.1 Å². The van der Waals surface area contributed by atoms with Crippen LogP contribution in [0.15, 0.2) is 27.7 Å². The van der Waals surface area contributed by atoms with Crippen molar-refractivity contribution in [2.45, 2.75) is 18.9 Å². The number of methoxy groups -OCH3 is 1. The molecule has 0 unspecified atom stereocenters. The average Bonchev–Trinajstić information content (AvgIpc) is 3.46. The molecular weight excluding hydrogens is 391 g/mol. The van der Waals surface area contributed by atoms with Crippen LogP contribution in [-0.2, 0) is 0 Å². The largest absolute Gasteiger partial charge is 0.492 e. The number of aromatic carboxylic acids is 1. The monoisotopic (exact) mass is 408 g/mol. The number of nitrogens with zero attached hydrogens (tertiary/aromatic N) is 2. The molecule has 1 saturated heterocycles. The number of aliphatic hydroxyl groups is 1. The Labute approximate surface area is 164 Å². The Bertz CT molecular complexity index is 1080. The Morgan fingerprint density at radius 2 is 2.07 bits per heavy atom. The first-order chi connectivity index (χ1) is 13.4. The molecule has 1 aliphatic heterocycles. The zero-order valence-corrected chi connectivity index (χ0v) is 15.8. The van der Waals surface area contributed by atoms with E-state index in [2.05, 4.69) is 0 Å². The van der Waals surface area contributed by atoms with Crippen molar-refractivity contribution in [2.24, 2.45) is 0 Å². The van der Waals surface area contributed by atoms with Gasteiger partial charge in [0.05, 0.1) is 24.6 Å². The third-order valence-corrected chi connectivity index (χ3v) is 5.56. The average molecular weight is 409 g/mol. The Morgan fingerprint density at radius 1 is 1.39 bits per heavy atom. The molecule has 1 aliphatic carbocycles. The number of hydrogen-bond acceptors (Lipinski definition) is 5. The topological polar surface area (TPSA) is 92.0 Å². The van der Waals surface area contributed by atoms with Crippen LogP contribution >= 0.6 is 11.6 Å². The number of ether oxygens (including phenoxy) is 1. The van der Waals surface area contributed by atoms with Gasteiger partial charge in [0, 0.05) is 30.4 Å². The highest BCUT2D eigenvalue weighted by Gasteiger charge is 2.33. The molecule has 0 atom stereocenters. The van der Waals surface area contributed by atoms with Gasteiger partial charge in [0.15, 0.2) is 11.6 Å². The van der Waals surface area contributed by atoms with E-state index in [4.69, 9.17) is 21.4 Å². The second kappa shape index (κ2) is 6.79. The van der Waals surface area contributed by atoms with Crippen LogP contribution in [0.3, 0.4) is 0 Å². The number of rotatable bonds is 5. The van der Waals surface area contributed by atoms with Crippen molar-refractivity contribution in [1.82, 2.24) is 4.57 Å². The molecule has 7 nitrogen and oxygen atoms in total. The number of hydrogen-bond donors (Lipinski definition) is 2. The van der Waals surface area contributed by atoms with E-state index >= 15 is 0 Å². The molecule has 9 heteroatoms. The lowest BCUT2D eigenvalue weighted by Gasteiger charge is -2.38. The van der Waals surface area contributed by atoms with E-state index in [0.29, 0.717) is 23.6 Å². The van der Waals surface area contributed by atoms with Crippen molar-refractivity contribution in [3.63, 3.8) is 0 Å². The standard InChI is InChI=1S/C19H18ClFN2O5/c1-28-18-15-11(17(25)12(19(26)27)7-23(15)10-2-3-10)4-14(21)16(18)22-5-9(6-22)13(20)8-24/h4,7,10,24H,2-3,5-6,8H2,1H3,(H,26,27). The SMILES string of the molecule is COc1c(N2CC(=C(Cl)CO)C2)c(F)cc2c(=O)c(C(=O)O)cn(C3CC3)c12. The van der Waals surface area contributed by atoms with E-state index in [1.54, 1.807) is 9.47 Å². The number of halogens is 2. The molecule has 0 amide bonds. The van der Waals surface area contributed by atoms with E-state index in [1.165, 1.54) is 13.3 Å². The van der Waals surface area contributed by atoms with E-state index in [1.807, 2.05) is 0 Å². The number of carbonyl (C=O) groups is 1. The second-order valence-electron chi connectivity index (χ2n) is 6.97. The van der Waals surface area contributed by atoms with Crippen LogP contribution in [0, 0.1) is 5.82 Å². The van der Waals surface area contributed by atoms with E-state index < -0.39 is 22.8 Å². The first-order valence-electron chi connectivity index (χ1n) is 8.78. The van der Waals surface area contributed by atoms with E-state index in [-0.39, 0.29) is 29.5 Å². The number of benzene rings is 1. The molecule has 1 aromatic heterocycles. The highest BCUT2D eigenvalue weighted by atomic mass is 35.5. The van der Waals surface area contributed by atoms with Crippen molar-refractivity contribution < 1.29 is 24.1 Å². The number of anilines is 1. The molecule has 2 N–H and O–H groups in total. The van der Waals surface area contributed by atoms with Gasteiger partial charge in [0.2, 0.25) is 5.43 Å². The molecular formula is C19H18ClFN2O5. The smallest absolute Gasteiger partial charge is 0.341 e. The molecule has 4 rings (SSSR count). The summed E-state index contributed by atoms with van der Waals surface area (Å²) in [5, 5.41) is 18.8. The van der Waals surface area contributed by atoms with Gasteiger partial charge in [-0.15, -0.1) is 0 Å². The van der Waals surface area contributed by atoms with Crippen LogP contribution in [0.5, 0.6) is 5.75 Å². The Hall–Kier alpha value is -2.58. The van der Waals surface area contributed by atoms with Crippen molar-refractivity contribution >= 4 is 34.2 Å². The maximum Gasteiger partial charge on any atom is 0.341 e. The van der Waals surface area contributed by atoms with Gasteiger partial charge >= 0.3 is 5.97 Å². The number of aromatic nitrogens is 1. The van der Waals surface area contributed by atoms with Crippen LogP contribution in [-0.4, -0.2) is 47.6 Å². The molecule has 2 aromatic rings. The predicted octanol–water partition coefficient (Wildman–Crippen LogP) is 2.49. The summed E-state index contributed by atoms with van der Waals surface area (Å²) in [4.78, 5) is 25.8. The highest BCUT2D eigenvalue weighted by molar-refractivity contribution is 6.30. The molecule has 2 aliphatic rings. The van der Waals surface area contributed by atoms with Crippen LogP contribution in [0.4, 0.5) is 10.1 Å². The predicted molar refractivity (Wildman–Crippen MR) is 102 cm³/mol. The minimum absolute atomic E-state index is 0.0189. The number of carboxylic acids is 1. The summed E-state index contributed by atoms with van der Waals surface area (Å²) in [6.45, 7) is 0.388. The van der Waals surface area contributed by atoms with Crippen molar-refractivity contribution in [3.8, 4) is 5.75 Å². The zero-order valence-electron chi connectivity index (χ0n) is 15.0. The minimum atomic E-state index is -1.35. The fraction of sp³-hybridized carbons (Fsp3) is 0.368. The van der Waals surface area contributed by atoms with Gasteiger partial charge in [-0.1, -0.05) is 11.6 Å². The normalized spacial score (nSPS) is 16.3. The summed E-state index contributed by atoms with van der Waals surface area (Å²) in [6.07, 6.45) is 3.00. The molecule has 2 heterocycles. The van der Waals surface area contributed by atoms with Crippen molar-refractivity contribution in [2.75, 3.05) is 31.7 Å². The molecule has 1 aromatic carbocycles. The summed E-state index contributed by atoms with van der Waals surface area (Å²) in [5.74, 6) is -1.83. The van der Waals surface area contributed by atoms with Gasteiger partial charge in [0.25, 0.3) is 0 Å². The molecule has 28 heavy (non-hydrogen) atoms. The number of carboxylic acid groups (broad SMARTS) is 1. The lowest BCUT2D eigenvalue weighted by Crippen LogP contribution is -2.41. The molecule has 148 valence electrons. The van der Waals surface area contributed by atoms with E-state index in [0.717, 1.165) is 24.5 Å². The summed E-state index contributed by atoms with van der Waals surface area (Å²) in [7, 11) is 1.39. The van der Waals surface area contributed by atoms with Crippen LogP contribution in [0.2, 0.25) is 0 Å². The zero-order chi connectivity index (χ0) is 20.2. The molecule has 1 saturated carbocycles. The lowest BCUT2D eigenvalue weighted by molar-refractivity contribution is 0.0695. The van der Waals surface area contributed by atoms with Gasteiger partial charge in [-0.3, -0.25) is 4.79 Å². The van der Waals surface area contributed by atoms with Crippen LogP contribution < -0.4 is 15.1 Å². The minimum Gasteiger partial charge on any atom is -0.492 e. The molecule has 0 spiro atoms. The first-order valence-corrected chi connectivity index (χ1v) is 9.16. The first kappa shape index (κ1) is 18.8. The Kier molecular flexibility index (Phi) is 4.55. The van der Waals surface area contributed by atoms with Crippen LogP contribution in [0.1, 0.15) is 29.2 Å².